The number of amides is 1. The predicted octanol–water partition coefficient (Wildman–Crippen LogP) is 2.38. The van der Waals surface area contributed by atoms with E-state index in [9.17, 15) is 9.90 Å². The molecule has 1 atom stereocenters. The molecule has 1 heterocycles. The Balaban J connectivity index is 1.72. The van der Waals surface area contributed by atoms with Crippen molar-refractivity contribution in [3.05, 3.63) is 77.1 Å². The second-order valence-corrected chi connectivity index (χ2v) is 5.59. The molecule has 122 valence electrons. The zero-order valence-corrected chi connectivity index (χ0v) is 13.4. The first kappa shape index (κ1) is 16.2. The Morgan fingerprint density at radius 2 is 1.88 bits per heavy atom. The smallest absolute Gasteiger partial charge is 0.251 e. The van der Waals surface area contributed by atoms with E-state index < -0.39 is 6.04 Å². The van der Waals surface area contributed by atoms with Gasteiger partial charge in [0.05, 0.1) is 30.7 Å². The molecule has 0 fully saturated rings. The minimum absolute atomic E-state index is 0.204. The first-order valence-corrected chi connectivity index (χ1v) is 7.69. The van der Waals surface area contributed by atoms with Gasteiger partial charge in [-0.2, -0.15) is 0 Å². The second kappa shape index (κ2) is 7.25. The average molecular weight is 343 g/mol. The number of rotatable bonds is 5. The zero-order valence-electron chi connectivity index (χ0n) is 12.6. The van der Waals surface area contributed by atoms with E-state index in [-0.39, 0.29) is 12.5 Å². The third-order valence-corrected chi connectivity index (χ3v) is 3.83. The van der Waals surface area contributed by atoms with Gasteiger partial charge in [-0.1, -0.05) is 28.9 Å². The highest BCUT2D eigenvalue weighted by Crippen LogP contribution is 2.17. The van der Waals surface area contributed by atoms with Crippen LogP contribution in [0.2, 0.25) is 5.02 Å². The number of benzene rings is 2. The van der Waals surface area contributed by atoms with E-state index in [0.717, 1.165) is 11.3 Å². The molecule has 2 N–H and O–H groups in total. The topological polar surface area (TPSA) is 80.0 Å². The molecule has 6 nitrogen and oxygen atoms in total. The molecule has 0 saturated heterocycles. The van der Waals surface area contributed by atoms with Crippen LogP contribution in [0.3, 0.4) is 0 Å². The number of hydrogen-bond acceptors (Lipinski definition) is 4. The minimum atomic E-state index is -0.496. The van der Waals surface area contributed by atoms with E-state index >= 15 is 0 Å². The molecule has 3 aromatic rings. The molecule has 0 aliphatic heterocycles. The van der Waals surface area contributed by atoms with Crippen LogP contribution in [0, 0.1) is 0 Å². The molecule has 0 spiro atoms. The molecular formula is C17H15ClN4O2. The first-order chi connectivity index (χ1) is 11.7. The van der Waals surface area contributed by atoms with E-state index in [0.29, 0.717) is 10.6 Å². The maximum Gasteiger partial charge on any atom is 0.251 e. The van der Waals surface area contributed by atoms with Crippen LogP contribution in [-0.2, 0) is 0 Å². The van der Waals surface area contributed by atoms with E-state index in [1.807, 2.05) is 0 Å². The van der Waals surface area contributed by atoms with Gasteiger partial charge in [0, 0.05) is 10.6 Å². The van der Waals surface area contributed by atoms with Crippen molar-refractivity contribution in [1.82, 2.24) is 20.3 Å². The van der Waals surface area contributed by atoms with Crippen molar-refractivity contribution < 1.29 is 9.90 Å². The van der Waals surface area contributed by atoms with Crippen molar-refractivity contribution in [3.8, 4) is 5.69 Å². The van der Waals surface area contributed by atoms with Crippen LogP contribution >= 0.6 is 11.6 Å². The average Bonchev–Trinajstić information content (AvgIpc) is 3.15. The van der Waals surface area contributed by atoms with Gasteiger partial charge in [-0.15, -0.1) is 5.10 Å². The van der Waals surface area contributed by atoms with Gasteiger partial charge in [-0.3, -0.25) is 4.79 Å². The molecule has 2 aromatic carbocycles. The number of nitrogens with one attached hydrogen (secondary N) is 1. The summed E-state index contributed by atoms with van der Waals surface area (Å²) in [4.78, 5) is 12.4. The largest absolute Gasteiger partial charge is 0.394 e. The van der Waals surface area contributed by atoms with Crippen LogP contribution in [0.4, 0.5) is 0 Å². The fraction of sp³-hybridized carbons (Fsp3) is 0.118. The third kappa shape index (κ3) is 3.61. The SMILES string of the molecule is O=C(NC(CO)c1ccc(Cl)cc1)c1ccc(-n2ccnn2)cc1. The van der Waals surface area contributed by atoms with Gasteiger partial charge in [0.25, 0.3) is 5.91 Å². The summed E-state index contributed by atoms with van der Waals surface area (Å²) in [6.07, 6.45) is 3.30. The molecule has 1 unspecified atom stereocenters. The molecule has 0 radical (unpaired) electrons. The number of aromatic nitrogens is 3. The summed E-state index contributed by atoms with van der Waals surface area (Å²) in [5, 5.41) is 20.6. The number of carbonyl (C=O) groups excluding carboxylic acids is 1. The first-order valence-electron chi connectivity index (χ1n) is 7.31. The van der Waals surface area contributed by atoms with Gasteiger partial charge < -0.3 is 10.4 Å². The highest BCUT2D eigenvalue weighted by Gasteiger charge is 2.15. The van der Waals surface area contributed by atoms with Crippen molar-refractivity contribution in [2.24, 2.45) is 0 Å². The van der Waals surface area contributed by atoms with E-state index in [2.05, 4.69) is 15.6 Å². The number of aliphatic hydroxyl groups excluding tert-OH is 1. The van der Waals surface area contributed by atoms with Crippen LogP contribution in [-0.4, -0.2) is 32.6 Å². The Hall–Kier alpha value is -2.70. The van der Waals surface area contributed by atoms with Crippen LogP contribution in [0.5, 0.6) is 0 Å². The molecule has 1 aromatic heterocycles. The fourth-order valence-corrected chi connectivity index (χ4v) is 2.41. The minimum Gasteiger partial charge on any atom is -0.394 e. The normalized spacial score (nSPS) is 11.9. The Morgan fingerprint density at radius 3 is 2.46 bits per heavy atom. The van der Waals surface area contributed by atoms with E-state index in [4.69, 9.17) is 11.6 Å². The quantitative estimate of drug-likeness (QED) is 0.746. The molecule has 3 rings (SSSR count). The van der Waals surface area contributed by atoms with Crippen LogP contribution in [0.25, 0.3) is 5.69 Å². The molecule has 0 aliphatic rings. The van der Waals surface area contributed by atoms with Crippen molar-refractivity contribution in [1.29, 1.82) is 0 Å². The molecule has 0 bridgehead atoms. The molecule has 0 aliphatic carbocycles. The van der Waals surface area contributed by atoms with Crippen molar-refractivity contribution in [3.63, 3.8) is 0 Å². The van der Waals surface area contributed by atoms with Crippen LogP contribution in [0.15, 0.2) is 60.9 Å². The summed E-state index contributed by atoms with van der Waals surface area (Å²) in [6, 6.07) is 13.4. The van der Waals surface area contributed by atoms with Gasteiger partial charge in [0.1, 0.15) is 0 Å². The Labute approximate surface area is 143 Å². The van der Waals surface area contributed by atoms with Gasteiger partial charge in [-0.05, 0) is 42.0 Å². The van der Waals surface area contributed by atoms with Crippen molar-refractivity contribution in [2.75, 3.05) is 6.61 Å². The Morgan fingerprint density at radius 1 is 1.17 bits per heavy atom. The number of halogens is 1. The summed E-state index contributed by atoms with van der Waals surface area (Å²) in [5.74, 6) is -0.269. The van der Waals surface area contributed by atoms with E-state index in [1.165, 1.54) is 0 Å². The van der Waals surface area contributed by atoms with Gasteiger partial charge >= 0.3 is 0 Å². The molecule has 0 saturated carbocycles. The number of carbonyl (C=O) groups is 1. The highest BCUT2D eigenvalue weighted by molar-refractivity contribution is 6.30. The summed E-state index contributed by atoms with van der Waals surface area (Å²) in [6.45, 7) is -0.204. The lowest BCUT2D eigenvalue weighted by Crippen LogP contribution is -2.30. The lowest BCUT2D eigenvalue weighted by Gasteiger charge is -2.17. The zero-order chi connectivity index (χ0) is 16.9. The standard InChI is InChI=1S/C17H15ClN4O2/c18-14-5-1-12(2-6-14)16(11-23)20-17(24)13-3-7-15(8-4-13)22-10-9-19-21-22/h1-10,16,23H,11H2,(H,20,24). The number of nitrogens with zero attached hydrogens (tertiary/aromatic N) is 3. The predicted molar refractivity (Wildman–Crippen MR) is 90.1 cm³/mol. The number of hydrogen-bond donors (Lipinski definition) is 2. The Bertz CT molecular complexity index is 802. The van der Waals surface area contributed by atoms with Gasteiger partial charge in [-0.25, -0.2) is 4.68 Å². The summed E-state index contributed by atoms with van der Waals surface area (Å²) in [5.41, 5.74) is 2.08. The summed E-state index contributed by atoms with van der Waals surface area (Å²) >= 11 is 5.86. The monoisotopic (exact) mass is 342 g/mol. The third-order valence-electron chi connectivity index (χ3n) is 3.58. The Kier molecular flexibility index (Phi) is 4.88. The maximum atomic E-state index is 12.4. The molecule has 7 heteroatoms. The van der Waals surface area contributed by atoms with E-state index in [1.54, 1.807) is 65.6 Å². The molecule has 1 amide bonds. The van der Waals surface area contributed by atoms with Crippen LogP contribution in [0.1, 0.15) is 22.0 Å². The van der Waals surface area contributed by atoms with Gasteiger partial charge in [0.15, 0.2) is 0 Å². The number of aliphatic hydroxyl groups is 1. The summed E-state index contributed by atoms with van der Waals surface area (Å²) < 4.78 is 1.60. The molecular weight excluding hydrogens is 328 g/mol. The molecule has 24 heavy (non-hydrogen) atoms. The highest BCUT2D eigenvalue weighted by atomic mass is 35.5. The fourth-order valence-electron chi connectivity index (χ4n) is 2.28. The lowest BCUT2D eigenvalue weighted by atomic mass is 10.1. The van der Waals surface area contributed by atoms with Gasteiger partial charge in [0.2, 0.25) is 0 Å². The second-order valence-electron chi connectivity index (χ2n) is 5.15. The van der Waals surface area contributed by atoms with Crippen LogP contribution < -0.4 is 5.32 Å². The summed E-state index contributed by atoms with van der Waals surface area (Å²) in [7, 11) is 0. The van der Waals surface area contributed by atoms with Crippen molar-refractivity contribution >= 4 is 17.5 Å². The maximum absolute atomic E-state index is 12.4. The van der Waals surface area contributed by atoms with Crippen molar-refractivity contribution in [2.45, 2.75) is 6.04 Å². The lowest BCUT2D eigenvalue weighted by molar-refractivity contribution is 0.0916.